The van der Waals surface area contributed by atoms with Gasteiger partial charge in [0, 0.05) is 13.1 Å². The zero-order chi connectivity index (χ0) is 17.4. The molecule has 0 aliphatic rings. The normalized spacial score (nSPS) is 10.1. The Morgan fingerprint density at radius 1 is 0.917 bits per heavy atom. The van der Waals surface area contributed by atoms with E-state index in [0.29, 0.717) is 13.1 Å². The lowest BCUT2D eigenvalue weighted by Gasteiger charge is -2.08. The third-order valence-corrected chi connectivity index (χ3v) is 3.54. The first-order chi connectivity index (χ1) is 11.6. The summed E-state index contributed by atoms with van der Waals surface area (Å²) in [5.74, 6) is 0.178. The third kappa shape index (κ3) is 5.76. The summed E-state index contributed by atoms with van der Waals surface area (Å²) in [5, 5.41) is 5.49. The van der Waals surface area contributed by atoms with E-state index in [4.69, 9.17) is 4.74 Å². The van der Waals surface area contributed by atoms with E-state index in [1.807, 2.05) is 55.5 Å². The summed E-state index contributed by atoms with van der Waals surface area (Å²) >= 11 is 0. The molecule has 0 aliphatic carbocycles. The number of carbonyl (C=O) groups excluding carboxylic acids is 2. The van der Waals surface area contributed by atoms with Gasteiger partial charge < -0.3 is 15.4 Å². The van der Waals surface area contributed by atoms with Crippen molar-refractivity contribution < 1.29 is 14.3 Å². The summed E-state index contributed by atoms with van der Waals surface area (Å²) < 4.78 is 5.08. The van der Waals surface area contributed by atoms with Crippen LogP contribution in [0.4, 0.5) is 0 Å². The highest BCUT2D eigenvalue weighted by Crippen LogP contribution is 2.10. The van der Waals surface area contributed by atoms with Crippen LogP contribution in [0.3, 0.4) is 0 Å². The summed E-state index contributed by atoms with van der Waals surface area (Å²) in [6.07, 6.45) is -0.179. The Kier molecular flexibility index (Phi) is 6.37. The van der Waals surface area contributed by atoms with E-state index in [2.05, 4.69) is 10.6 Å². The van der Waals surface area contributed by atoms with Crippen LogP contribution in [0, 0.1) is 6.92 Å². The predicted molar refractivity (Wildman–Crippen MR) is 92.5 cm³/mol. The van der Waals surface area contributed by atoms with Crippen molar-refractivity contribution >= 4 is 11.8 Å². The van der Waals surface area contributed by atoms with Gasteiger partial charge >= 0.3 is 0 Å². The minimum absolute atomic E-state index is 0.179. The van der Waals surface area contributed by atoms with E-state index in [1.165, 1.54) is 0 Å². The summed E-state index contributed by atoms with van der Waals surface area (Å²) in [5.41, 5.74) is 3.10. The zero-order valence-corrected chi connectivity index (χ0v) is 14.0. The van der Waals surface area contributed by atoms with Crippen molar-refractivity contribution in [2.45, 2.75) is 26.4 Å². The largest absolute Gasteiger partial charge is 0.497 e. The lowest BCUT2D eigenvalue weighted by atomic mass is 10.1. The highest BCUT2D eigenvalue weighted by Gasteiger charge is 2.09. The second kappa shape index (κ2) is 8.72. The average molecular weight is 326 g/mol. The maximum absolute atomic E-state index is 11.8. The monoisotopic (exact) mass is 326 g/mol. The van der Waals surface area contributed by atoms with Gasteiger partial charge in [-0.15, -0.1) is 0 Å². The van der Waals surface area contributed by atoms with Gasteiger partial charge in [-0.1, -0.05) is 42.0 Å². The molecule has 0 saturated heterocycles. The van der Waals surface area contributed by atoms with E-state index in [1.54, 1.807) is 7.11 Å². The molecule has 2 aromatic rings. The van der Waals surface area contributed by atoms with Crippen LogP contribution in [0.5, 0.6) is 5.75 Å². The first-order valence-corrected chi connectivity index (χ1v) is 7.78. The van der Waals surface area contributed by atoms with E-state index in [0.717, 1.165) is 22.4 Å². The number of hydrogen-bond donors (Lipinski definition) is 2. The fourth-order valence-electron chi connectivity index (χ4n) is 2.24. The van der Waals surface area contributed by atoms with Crippen molar-refractivity contribution in [2.24, 2.45) is 0 Å². The van der Waals surface area contributed by atoms with Crippen molar-refractivity contribution in [1.29, 1.82) is 0 Å². The van der Waals surface area contributed by atoms with Gasteiger partial charge in [0.2, 0.25) is 11.8 Å². The maximum Gasteiger partial charge on any atom is 0.229 e. The molecule has 5 heteroatoms. The van der Waals surface area contributed by atoms with E-state index >= 15 is 0 Å². The Morgan fingerprint density at radius 3 is 2.12 bits per heavy atom. The molecule has 0 radical (unpaired) electrons. The molecule has 0 aromatic heterocycles. The number of methoxy groups -OCH3 is 1. The molecule has 2 N–H and O–H groups in total. The summed E-state index contributed by atoms with van der Waals surface area (Å²) in [6, 6.07) is 15.3. The van der Waals surface area contributed by atoms with Gasteiger partial charge in [0.1, 0.15) is 12.2 Å². The zero-order valence-electron chi connectivity index (χ0n) is 14.0. The number of carbonyl (C=O) groups is 2. The maximum atomic E-state index is 11.8. The number of rotatable bonds is 7. The van der Waals surface area contributed by atoms with E-state index in [9.17, 15) is 9.59 Å². The van der Waals surface area contributed by atoms with E-state index in [-0.39, 0.29) is 18.2 Å². The van der Waals surface area contributed by atoms with Crippen molar-refractivity contribution in [3.05, 3.63) is 65.2 Å². The lowest BCUT2D eigenvalue weighted by Crippen LogP contribution is -2.31. The molecule has 0 heterocycles. The molecule has 0 unspecified atom stereocenters. The van der Waals surface area contributed by atoms with Gasteiger partial charge in [-0.3, -0.25) is 9.59 Å². The molecule has 2 amide bonds. The standard InChI is InChI=1S/C19H22N2O3/c1-14-4-3-5-16(10-14)13-21-19(23)11-18(22)20-12-15-6-8-17(24-2)9-7-15/h3-10H,11-13H2,1-2H3,(H,20,22)(H,21,23). The summed E-state index contributed by atoms with van der Waals surface area (Å²) in [6.45, 7) is 2.80. The number of benzene rings is 2. The molecule has 2 aromatic carbocycles. The molecule has 0 atom stereocenters. The highest BCUT2D eigenvalue weighted by molar-refractivity contribution is 5.96. The van der Waals surface area contributed by atoms with Crippen molar-refractivity contribution in [3.63, 3.8) is 0 Å². The second-order valence-electron chi connectivity index (χ2n) is 5.57. The minimum atomic E-state index is -0.299. The summed E-state index contributed by atoms with van der Waals surface area (Å²) in [7, 11) is 1.60. The van der Waals surface area contributed by atoms with E-state index < -0.39 is 0 Å². The Balaban J connectivity index is 1.72. The molecule has 2 rings (SSSR count). The number of hydrogen-bond acceptors (Lipinski definition) is 3. The fourth-order valence-corrected chi connectivity index (χ4v) is 2.24. The SMILES string of the molecule is COc1ccc(CNC(=O)CC(=O)NCc2cccc(C)c2)cc1. The van der Waals surface area contributed by atoms with Crippen LogP contribution in [-0.4, -0.2) is 18.9 Å². The Hall–Kier alpha value is -2.82. The Labute approximate surface area is 142 Å². The molecule has 0 saturated carbocycles. The first kappa shape index (κ1) is 17.5. The van der Waals surface area contributed by atoms with Crippen molar-refractivity contribution in [1.82, 2.24) is 10.6 Å². The first-order valence-electron chi connectivity index (χ1n) is 7.78. The second-order valence-corrected chi connectivity index (χ2v) is 5.57. The van der Waals surface area contributed by atoms with Crippen LogP contribution in [0.25, 0.3) is 0 Å². The lowest BCUT2D eigenvalue weighted by molar-refractivity contribution is -0.129. The van der Waals surface area contributed by atoms with Gasteiger partial charge in [0.15, 0.2) is 0 Å². The van der Waals surface area contributed by atoms with Crippen LogP contribution in [0.15, 0.2) is 48.5 Å². The number of ether oxygens (including phenoxy) is 1. The van der Waals surface area contributed by atoms with Gasteiger partial charge in [-0.05, 0) is 30.2 Å². The van der Waals surface area contributed by atoms with Gasteiger partial charge in [-0.25, -0.2) is 0 Å². The van der Waals surface area contributed by atoms with Crippen LogP contribution < -0.4 is 15.4 Å². The highest BCUT2D eigenvalue weighted by atomic mass is 16.5. The molecule has 0 aliphatic heterocycles. The van der Waals surface area contributed by atoms with Gasteiger partial charge in [0.05, 0.1) is 7.11 Å². The number of amides is 2. The number of nitrogens with one attached hydrogen (secondary N) is 2. The predicted octanol–water partition coefficient (Wildman–Crippen LogP) is 2.33. The smallest absolute Gasteiger partial charge is 0.229 e. The molecule has 24 heavy (non-hydrogen) atoms. The average Bonchev–Trinajstić information content (AvgIpc) is 2.59. The van der Waals surface area contributed by atoms with Gasteiger partial charge in [-0.2, -0.15) is 0 Å². The van der Waals surface area contributed by atoms with Crippen molar-refractivity contribution in [3.8, 4) is 5.75 Å². The van der Waals surface area contributed by atoms with Crippen molar-refractivity contribution in [2.75, 3.05) is 7.11 Å². The summed E-state index contributed by atoms with van der Waals surface area (Å²) in [4.78, 5) is 23.6. The molecule has 126 valence electrons. The molecule has 0 fully saturated rings. The minimum Gasteiger partial charge on any atom is -0.497 e. The fraction of sp³-hybridized carbons (Fsp3) is 0.263. The molecular weight excluding hydrogens is 304 g/mol. The number of aryl methyl sites for hydroxylation is 1. The third-order valence-electron chi connectivity index (χ3n) is 3.54. The van der Waals surface area contributed by atoms with Crippen LogP contribution in [0.2, 0.25) is 0 Å². The quantitative estimate of drug-likeness (QED) is 0.767. The molecular formula is C19H22N2O3. The molecule has 0 spiro atoms. The van der Waals surface area contributed by atoms with Gasteiger partial charge in [0.25, 0.3) is 0 Å². The Morgan fingerprint density at radius 2 is 1.54 bits per heavy atom. The topological polar surface area (TPSA) is 67.4 Å². The molecule has 5 nitrogen and oxygen atoms in total. The van der Waals surface area contributed by atoms with Crippen LogP contribution in [0.1, 0.15) is 23.1 Å². The molecule has 0 bridgehead atoms. The van der Waals surface area contributed by atoms with Crippen LogP contribution in [-0.2, 0) is 22.7 Å². The Bertz CT molecular complexity index is 696. The van der Waals surface area contributed by atoms with Crippen LogP contribution >= 0.6 is 0 Å².